The summed E-state index contributed by atoms with van der Waals surface area (Å²) in [5, 5.41) is 0.482. The predicted octanol–water partition coefficient (Wildman–Crippen LogP) is 3.98. The summed E-state index contributed by atoms with van der Waals surface area (Å²) >= 11 is 6.67. The van der Waals surface area contributed by atoms with Crippen LogP contribution < -0.4 is 4.89 Å². The monoisotopic (exact) mass is 352 g/mol. The zero-order chi connectivity index (χ0) is 12.1. The normalized spacial score (nSPS) is 26.3. The molecule has 18 heavy (non-hydrogen) atoms. The first-order valence-electron chi connectivity index (χ1n) is 6.83. The summed E-state index contributed by atoms with van der Waals surface area (Å²) in [4.78, 5) is 12.3. The third-order valence-electron chi connectivity index (χ3n) is 3.66. The van der Waals surface area contributed by atoms with Crippen molar-refractivity contribution in [2.24, 2.45) is 0 Å². The SMILES string of the molecule is [Co].[O-]P(=S)(OC1CCCCC1)SC1CCCCC1. The van der Waals surface area contributed by atoms with Gasteiger partial charge in [-0.2, -0.15) is 0 Å². The van der Waals surface area contributed by atoms with E-state index in [1.807, 2.05) is 0 Å². The molecule has 0 aromatic rings. The molecule has 2 rings (SSSR count). The molecule has 109 valence electrons. The van der Waals surface area contributed by atoms with Gasteiger partial charge < -0.3 is 9.42 Å². The van der Waals surface area contributed by atoms with Crippen LogP contribution in [-0.4, -0.2) is 11.4 Å². The molecule has 0 N–H and O–H groups in total. The van der Waals surface area contributed by atoms with E-state index in [0.717, 1.165) is 12.8 Å². The number of hydrogen-bond acceptors (Lipinski definition) is 4. The van der Waals surface area contributed by atoms with E-state index >= 15 is 0 Å². The van der Waals surface area contributed by atoms with E-state index < -0.39 is 5.69 Å². The molecule has 1 radical (unpaired) electrons. The van der Waals surface area contributed by atoms with Gasteiger partial charge in [0, 0.05) is 27.7 Å². The second-order valence-electron chi connectivity index (χ2n) is 5.18. The summed E-state index contributed by atoms with van der Waals surface area (Å²) in [7, 11) is 0. The van der Waals surface area contributed by atoms with Crippen molar-refractivity contribution in [3.8, 4) is 0 Å². The molecule has 0 aliphatic heterocycles. The minimum absolute atomic E-state index is 0. The van der Waals surface area contributed by atoms with E-state index in [1.54, 1.807) is 0 Å². The summed E-state index contributed by atoms with van der Waals surface area (Å²) in [6.45, 7) is 0. The van der Waals surface area contributed by atoms with Gasteiger partial charge in [-0.25, -0.2) is 0 Å². The van der Waals surface area contributed by atoms with Crippen molar-refractivity contribution in [3.05, 3.63) is 0 Å². The van der Waals surface area contributed by atoms with E-state index in [4.69, 9.17) is 16.3 Å². The molecule has 2 aliphatic rings. The van der Waals surface area contributed by atoms with Crippen LogP contribution in [0.5, 0.6) is 0 Å². The van der Waals surface area contributed by atoms with Crippen LogP contribution in [0, 0.1) is 0 Å². The van der Waals surface area contributed by atoms with Crippen molar-refractivity contribution in [1.82, 2.24) is 0 Å². The molecule has 6 heteroatoms. The summed E-state index contributed by atoms with van der Waals surface area (Å²) in [5.41, 5.74) is -2.83. The minimum atomic E-state index is -2.83. The van der Waals surface area contributed by atoms with Crippen molar-refractivity contribution in [1.29, 1.82) is 0 Å². The molecule has 0 aromatic carbocycles. The Hall–Kier alpha value is 1.43. The first-order chi connectivity index (χ1) is 8.16. The summed E-state index contributed by atoms with van der Waals surface area (Å²) in [5.74, 6) is 0. The molecular weight excluding hydrogens is 330 g/mol. The average molecular weight is 352 g/mol. The molecular formula is C12H22CoO2PS2-. The van der Waals surface area contributed by atoms with Crippen LogP contribution >= 0.6 is 17.1 Å². The molecule has 0 heterocycles. The van der Waals surface area contributed by atoms with Gasteiger partial charge in [0.05, 0.1) is 6.10 Å². The fourth-order valence-electron chi connectivity index (χ4n) is 2.73. The molecule has 0 spiro atoms. The van der Waals surface area contributed by atoms with Crippen LogP contribution in [-0.2, 0) is 33.1 Å². The molecule has 0 saturated heterocycles. The Labute approximate surface area is 130 Å². The predicted molar refractivity (Wildman–Crippen MR) is 76.7 cm³/mol. The van der Waals surface area contributed by atoms with Crippen LogP contribution in [0.25, 0.3) is 0 Å². The first kappa shape index (κ1) is 17.5. The van der Waals surface area contributed by atoms with Crippen LogP contribution in [0.15, 0.2) is 0 Å². The van der Waals surface area contributed by atoms with Gasteiger partial charge in [-0.05, 0) is 25.7 Å². The molecule has 2 saturated carbocycles. The number of hydrogen-bond donors (Lipinski definition) is 0. The Morgan fingerprint density at radius 2 is 1.44 bits per heavy atom. The van der Waals surface area contributed by atoms with Crippen LogP contribution in [0.1, 0.15) is 64.2 Å². The maximum Gasteiger partial charge on any atom is 0.0622 e. The Morgan fingerprint density at radius 1 is 0.944 bits per heavy atom. The van der Waals surface area contributed by atoms with Gasteiger partial charge in [-0.15, -0.1) is 11.4 Å². The molecule has 1 atom stereocenters. The van der Waals surface area contributed by atoms with Crippen LogP contribution in [0.2, 0.25) is 0 Å². The molecule has 0 bridgehead atoms. The Bertz CT molecular complexity index is 255. The Balaban J connectivity index is 0.00000162. The average Bonchev–Trinajstić information content (AvgIpc) is 2.30. The van der Waals surface area contributed by atoms with Gasteiger partial charge in [-0.1, -0.05) is 50.3 Å². The van der Waals surface area contributed by atoms with Crippen molar-refractivity contribution in [3.63, 3.8) is 0 Å². The maximum atomic E-state index is 12.3. The minimum Gasteiger partial charge on any atom is -0.793 e. The summed E-state index contributed by atoms with van der Waals surface area (Å²) in [6, 6.07) is 0. The fourth-order valence-corrected chi connectivity index (χ4v) is 7.97. The van der Waals surface area contributed by atoms with Gasteiger partial charge in [0.15, 0.2) is 0 Å². The van der Waals surface area contributed by atoms with Gasteiger partial charge in [0.1, 0.15) is 0 Å². The smallest absolute Gasteiger partial charge is 0.0622 e. The van der Waals surface area contributed by atoms with Gasteiger partial charge in [0.2, 0.25) is 0 Å². The molecule has 0 amide bonds. The van der Waals surface area contributed by atoms with E-state index in [-0.39, 0.29) is 22.9 Å². The van der Waals surface area contributed by atoms with Crippen molar-refractivity contribution >= 4 is 28.9 Å². The molecule has 2 nitrogen and oxygen atoms in total. The Morgan fingerprint density at radius 3 is 2.00 bits per heavy atom. The van der Waals surface area contributed by atoms with Crippen molar-refractivity contribution < 1.29 is 26.2 Å². The third-order valence-corrected chi connectivity index (χ3v) is 8.20. The standard InChI is InChI=1S/C12H23O2PS2.Co/c13-15(16,14-11-7-3-1-4-8-11)17-12-9-5-2-6-10-12;/h11-12H,1-10H2,(H,13,16);/p-1. The second kappa shape index (κ2) is 8.66. The third kappa shape index (κ3) is 6.25. The quantitative estimate of drug-likeness (QED) is 0.717. The molecule has 1 unspecified atom stereocenters. The summed E-state index contributed by atoms with van der Waals surface area (Å²) < 4.78 is 5.71. The summed E-state index contributed by atoms with van der Waals surface area (Å²) in [6.07, 6.45) is 12.1. The molecule has 2 aliphatic carbocycles. The fraction of sp³-hybridized carbons (Fsp3) is 1.00. The zero-order valence-electron chi connectivity index (χ0n) is 10.6. The molecule has 0 aromatic heterocycles. The molecule has 2 fully saturated rings. The maximum absolute atomic E-state index is 12.3. The first-order valence-corrected chi connectivity index (χ1v) is 11.0. The van der Waals surface area contributed by atoms with E-state index in [9.17, 15) is 4.89 Å². The van der Waals surface area contributed by atoms with Crippen LogP contribution in [0.4, 0.5) is 0 Å². The van der Waals surface area contributed by atoms with Gasteiger partial charge in [-0.3, -0.25) is 0 Å². The van der Waals surface area contributed by atoms with Crippen molar-refractivity contribution in [2.45, 2.75) is 75.6 Å². The Kier molecular flexibility index (Phi) is 8.40. The van der Waals surface area contributed by atoms with E-state index in [1.165, 1.54) is 62.7 Å². The van der Waals surface area contributed by atoms with Gasteiger partial charge in [0.25, 0.3) is 0 Å². The van der Waals surface area contributed by atoms with Gasteiger partial charge >= 0.3 is 0 Å². The van der Waals surface area contributed by atoms with E-state index in [0.29, 0.717) is 5.25 Å². The van der Waals surface area contributed by atoms with E-state index in [2.05, 4.69) is 0 Å². The topological polar surface area (TPSA) is 32.3 Å². The second-order valence-corrected chi connectivity index (χ2v) is 11.4. The largest absolute Gasteiger partial charge is 0.793 e. The zero-order valence-corrected chi connectivity index (χ0v) is 14.2. The van der Waals surface area contributed by atoms with Crippen molar-refractivity contribution in [2.75, 3.05) is 0 Å². The van der Waals surface area contributed by atoms with Crippen LogP contribution in [0.3, 0.4) is 0 Å². The number of rotatable bonds is 4.